The lowest BCUT2D eigenvalue weighted by Crippen LogP contribution is -2.38. The van der Waals surface area contributed by atoms with Crippen molar-refractivity contribution in [1.82, 2.24) is 9.88 Å². The molecular weight excluding hydrogens is 464 g/mol. The molecule has 1 aliphatic rings. The summed E-state index contributed by atoms with van der Waals surface area (Å²) >= 11 is 2.65. The normalized spacial score (nSPS) is 13.7. The van der Waals surface area contributed by atoms with Crippen molar-refractivity contribution in [2.75, 3.05) is 19.8 Å². The van der Waals surface area contributed by atoms with Crippen molar-refractivity contribution in [3.8, 4) is 11.5 Å². The zero-order valence-electron chi connectivity index (χ0n) is 17.9. The minimum Gasteiger partial charge on any atom is -0.486 e. The average Bonchev–Trinajstić information content (AvgIpc) is 3.42. The fourth-order valence-corrected chi connectivity index (χ4v) is 4.85. The number of rotatable bonds is 7. The maximum absolute atomic E-state index is 13.1. The molecule has 0 fully saturated rings. The third kappa shape index (κ3) is 5.71. The van der Waals surface area contributed by atoms with E-state index in [9.17, 15) is 14.4 Å². The van der Waals surface area contributed by atoms with E-state index in [0.717, 1.165) is 21.8 Å². The lowest BCUT2D eigenvalue weighted by atomic mass is 10.2. The van der Waals surface area contributed by atoms with Crippen LogP contribution in [-0.4, -0.2) is 36.3 Å². The van der Waals surface area contributed by atoms with E-state index in [0.29, 0.717) is 40.5 Å². The van der Waals surface area contributed by atoms with E-state index in [-0.39, 0.29) is 24.6 Å². The molecule has 33 heavy (non-hydrogen) atoms. The third-order valence-electron chi connectivity index (χ3n) is 4.67. The number of ether oxygens (including phenoxy) is 3. The molecule has 0 atom stereocenters. The first-order chi connectivity index (χ1) is 16.0. The van der Waals surface area contributed by atoms with Gasteiger partial charge in [-0.1, -0.05) is 12.1 Å². The summed E-state index contributed by atoms with van der Waals surface area (Å²) in [7, 11) is 0. The summed E-state index contributed by atoms with van der Waals surface area (Å²) in [5.41, 5.74) is 0.381. The molecule has 8 nitrogen and oxygen atoms in total. The van der Waals surface area contributed by atoms with Crippen LogP contribution in [-0.2, 0) is 27.4 Å². The molecule has 172 valence electrons. The Kier molecular flexibility index (Phi) is 7.26. The summed E-state index contributed by atoms with van der Waals surface area (Å²) < 4.78 is 18.1. The van der Waals surface area contributed by atoms with Gasteiger partial charge in [0.05, 0.1) is 23.8 Å². The van der Waals surface area contributed by atoms with Crippen LogP contribution in [0, 0.1) is 0 Å². The molecule has 2 aromatic heterocycles. The number of nitrogens with zero attached hydrogens (tertiary/aromatic N) is 1. The van der Waals surface area contributed by atoms with Gasteiger partial charge in [-0.25, -0.2) is 4.79 Å². The molecule has 1 N–H and O–H groups in total. The fourth-order valence-electron chi connectivity index (χ4n) is 3.18. The third-order valence-corrected chi connectivity index (χ3v) is 6.61. The Hall–Kier alpha value is -3.37. The first-order valence-electron chi connectivity index (χ1n) is 10.3. The first kappa shape index (κ1) is 22.8. The van der Waals surface area contributed by atoms with Crippen LogP contribution in [0.25, 0.3) is 12.2 Å². The van der Waals surface area contributed by atoms with Crippen LogP contribution in [0.4, 0.5) is 0 Å². The van der Waals surface area contributed by atoms with Gasteiger partial charge in [-0.05, 0) is 42.1 Å². The Morgan fingerprint density at radius 2 is 2.03 bits per heavy atom. The number of thiazole rings is 1. The number of hydrogen-bond donors (Lipinski definition) is 1. The second-order valence-electron chi connectivity index (χ2n) is 7.00. The minimum atomic E-state index is -0.572. The van der Waals surface area contributed by atoms with Gasteiger partial charge in [0.2, 0.25) is 5.91 Å². The molecule has 10 heteroatoms. The monoisotopic (exact) mass is 486 g/mol. The summed E-state index contributed by atoms with van der Waals surface area (Å²) in [5.74, 6) is 0.365. The Balaban J connectivity index is 1.66. The number of aromatic nitrogens is 1. The maximum atomic E-state index is 13.1. The number of nitrogens with one attached hydrogen (secondary N) is 1. The van der Waals surface area contributed by atoms with Gasteiger partial charge >= 0.3 is 5.97 Å². The molecule has 1 aromatic carbocycles. The average molecular weight is 487 g/mol. The maximum Gasteiger partial charge on any atom is 0.333 e. The van der Waals surface area contributed by atoms with Gasteiger partial charge in [0.25, 0.3) is 5.56 Å². The van der Waals surface area contributed by atoms with Crippen molar-refractivity contribution < 1.29 is 23.8 Å². The van der Waals surface area contributed by atoms with E-state index in [1.165, 1.54) is 22.0 Å². The van der Waals surface area contributed by atoms with E-state index in [2.05, 4.69) is 5.32 Å². The second-order valence-corrected chi connectivity index (χ2v) is 9.09. The van der Waals surface area contributed by atoms with Crippen LogP contribution in [0.2, 0.25) is 0 Å². The lowest BCUT2D eigenvalue weighted by molar-refractivity contribution is -0.135. The van der Waals surface area contributed by atoms with Gasteiger partial charge in [-0.15, -0.1) is 22.7 Å². The molecule has 3 aromatic rings. The number of benzene rings is 1. The molecule has 0 spiro atoms. The topological polar surface area (TPSA) is 95.9 Å². The molecule has 0 bridgehead atoms. The van der Waals surface area contributed by atoms with E-state index < -0.39 is 5.97 Å². The van der Waals surface area contributed by atoms with Crippen LogP contribution in [0.15, 0.2) is 40.5 Å². The van der Waals surface area contributed by atoms with E-state index >= 15 is 0 Å². The second kappa shape index (κ2) is 10.5. The van der Waals surface area contributed by atoms with Gasteiger partial charge in [-0.3, -0.25) is 14.2 Å². The number of thiophene rings is 1. The highest BCUT2D eigenvalue weighted by atomic mass is 32.1. The SMILES string of the molecule is CCOC(=O)C=c1sc(=Cc2ccc3c(c2)OCCO3)c(=O)n1CC(=O)NCc1cccs1. The summed E-state index contributed by atoms with van der Waals surface area (Å²) in [6, 6.07) is 9.22. The van der Waals surface area contributed by atoms with E-state index in [1.807, 2.05) is 23.6 Å². The molecule has 0 saturated carbocycles. The Bertz CT molecular complexity index is 1320. The molecule has 0 radical (unpaired) electrons. The molecular formula is C23H22N2O6S2. The Morgan fingerprint density at radius 1 is 1.21 bits per heavy atom. The highest BCUT2D eigenvalue weighted by Crippen LogP contribution is 2.30. The number of amides is 1. The molecule has 1 amide bonds. The molecule has 3 heterocycles. The van der Waals surface area contributed by atoms with Gasteiger partial charge in [-0.2, -0.15) is 0 Å². The number of carbonyl (C=O) groups is 2. The van der Waals surface area contributed by atoms with Crippen molar-refractivity contribution in [3.05, 3.63) is 65.7 Å². The van der Waals surface area contributed by atoms with Gasteiger partial charge in [0.1, 0.15) is 24.4 Å². The van der Waals surface area contributed by atoms with Gasteiger partial charge in [0, 0.05) is 4.88 Å². The van der Waals surface area contributed by atoms with Crippen LogP contribution >= 0.6 is 22.7 Å². The largest absolute Gasteiger partial charge is 0.486 e. The predicted molar refractivity (Wildman–Crippen MR) is 126 cm³/mol. The molecule has 0 unspecified atom stereocenters. The van der Waals surface area contributed by atoms with Gasteiger partial charge in [0.15, 0.2) is 11.5 Å². The van der Waals surface area contributed by atoms with E-state index in [4.69, 9.17) is 14.2 Å². The zero-order chi connectivity index (χ0) is 23.2. The van der Waals surface area contributed by atoms with Crippen molar-refractivity contribution in [3.63, 3.8) is 0 Å². The first-order valence-corrected chi connectivity index (χ1v) is 12.0. The smallest absolute Gasteiger partial charge is 0.333 e. The summed E-state index contributed by atoms with van der Waals surface area (Å²) in [6.07, 6.45) is 2.94. The van der Waals surface area contributed by atoms with Crippen LogP contribution < -0.4 is 29.5 Å². The highest BCUT2D eigenvalue weighted by molar-refractivity contribution is 7.09. The minimum absolute atomic E-state index is 0.207. The Morgan fingerprint density at radius 3 is 2.79 bits per heavy atom. The van der Waals surface area contributed by atoms with Gasteiger partial charge < -0.3 is 19.5 Å². The molecule has 0 saturated heterocycles. The number of esters is 1. The zero-order valence-corrected chi connectivity index (χ0v) is 19.5. The Labute approximate surface area is 197 Å². The quantitative estimate of drug-likeness (QED) is 0.505. The number of fused-ring (bicyclic) bond motifs is 1. The summed E-state index contributed by atoms with van der Waals surface area (Å²) in [5, 5.41) is 4.73. The molecule has 4 rings (SSSR count). The molecule has 0 aliphatic carbocycles. The van der Waals surface area contributed by atoms with E-state index in [1.54, 1.807) is 25.1 Å². The summed E-state index contributed by atoms with van der Waals surface area (Å²) in [6.45, 7) is 3.03. The van der Waals surface area contributed by atoms with Crippen LogP contribution in [0.5, 0.6) is 11.5 Å². The fraction of sp³-hybridized carbons (Fsp3) is 0.261. The molecule has 1 aliphatic heterocycles. The highest BCUT2D eigenvalue weighted by Gasteiger charge is 2.13. The van der Waals surface area contributed by atoms with Crippen LogP contribution in [0.3, 0.4) is 0 Å². The van der Waals surface area contributed by atoms with Crippen molar-refractivity contribution in [1.29, 1.82) is 0 Å². The predicted octanol–water partition coefficient (Wildman–Crippen LogP) is 1.23. The van der Waals surface area contributed by atoms with Crippen molar-refractivity contribution >= 4 is 46.7 Å². The van der Waals surface area contributed by atoms with Crippen molar-refractivity contribution in [2.24, 2.45) is 0 Å². The standard InChI is InChI=1S/C23H22N2O6S2/c1-2-29-22(27)12-21-25(14-20(26)24-13-16-4-3-9-32-16)23(28)19(33-21)11-15-5-6-17-18(10-15)31-8-7-30-17/h3-6,9-12H,2,7-8,13-14H2,1H3,(H,24,26). The van der Waals surface area contributed by atoms with Crippen LogP contribution in [0.1, 0.15) is 17.4 Å². The number of hydrogen-bond acceptors (Lipinski definition) is 8. The number of carbonyl (C=O) groups excluding carboxylic acids is 2. The summed E-state index contributed by atoms with van der Waals surface area (Å²) in [4.78, 5) is 38.7. The van der Waals surface area contributed by atoms with Crippen molar-refractivity contribution in [2.45, 2.75) is 20.0 Å². The lowest BCUT2D eigenvalue weighted by Gasteiger charge is -2.18.